The van der Waals surface area contributed by atoms with Crippen molar-refractivity contribution in [1.29, 1.82) is 0 Å². The molecule has 2 N–H and O–H groups in total. The highest BCUT2D eigenvalue weighted by atomic mass is 32.2. The zero-order valence-electron chi connectivity index (χ0n) is 11.5. The summed E-state index contributed by atoms with van der Waals surface area (Å²) in [7, 11) is -3.00. The fourth-order valence-electron chi connectivity index (χ4n) is 2.35. The first-order chi connectivity index (χ1) is 9.46. The minimum absolute atomic E-state index is 0.0418. The summed E-state index contributed by atoms with van der Waals surface area (Å²) in [4.78, 5) is 12.0. The van der Waals surface area contributed by atoms with E-state index in [0.717, 1.165) is 5.56 Å². The zero-order valence-corrected chi connectivity index (χ0v) is 12.3. The highest BCUT2D eigenvalue weighted by Crippen LogP contribution is 2.12. The smallest absolute Gasteiger partial charge is 0.222 e. The number of carbonyl (C=O) groups excluding carboxylic acids is 1. The van der Waals surface area contributed by atoms with E-state index in [1.54, 1.807) is 0 Å². The molecule has 0 saturated carbocycles. The van der Waals surface area contributed by atoms with Crippen molar-refractivity contribution < 1.29 is 13.2 Å². The molecule has 110 valence electrons. The highest BCUT2D eigenvalue weighted by molar-refractivity contribution is 7.91. The third-order valence-electron chi connectivity index (χ3n) is 3.41. The largest absolute Gasteiger partial charge is 0.350 e. The van der Waals surface area contributed by atoms with Gasteiger partial charge in [0.15, 0.2) is 9.84 Å². The van der Waals surface area contributed by atoms with Crippen LogP contribution in [0.4, 0.5) is 0 Å². The Bertz CT molecular complexity index is 557. The van der Waals surface area contributed by atoms with Gasteiger partial charge in [-0.1, -0.05) is 30.3 Å². The minimum Gasteiger partial charge on any atom is -0.350 e. The molecule has 20 heavy (non-hydrogen) atoms. The Balaban J connectivity index is 1.86. The Hall–Kier alpha value is -1.40. The topological polar surface area (TPSA) is 75.3 Å². The van der Waals surface area contributed by atoms with Gasteiger partial charge in [0.25, 0.3) is 0 Å². The summed E-state index contributed by atoms with van der Waals surface area (Å²) in [5.41, 5.74) is 1.03. The molecule has 1 aromatic carbocycles. The van der Waals surface area contributed by atoms with Crippen LogP contribution in [0.25, 0.3) is 0 Å². The van der Waals surface area contributed by atoms with Crippen molar-refractivity contribution in [3.63, 3.8) is 0 Å². The normalized spacial score (nSPS) is 22.9. The first-order valence-electron chi connectivity index (χ1n) is 6.74. The summed E-state index contributed by atoms with van der Waals surface area (Å²) in [5, 5.41) is 5.98. The summed E-state index contributed by atoms with van der Waals surface area (Å²) in [6, 6.07) is 9.32. The number of hydrogen-bond donors (Lipinski definition) is 2. The molecule has 1 amide bonds. The molecule has 0 aromatic heterocycles. The van der Waals surface area contributed by atoms with Crippen LogP contribution in [0.15, 0.2) is 30.3 Å². The van der Waals surface area contributed by atoms with Crippen LogP contribution >= 0.6 is 0 Å². The van der Waals surface area contributed by atoms with Crippen LogP contribution in [0, 0.1) is 0 Å². The SMILES string of the molecule is C[C@H](NC(=O)CC1CS(=O)(=O)CCN1)c1ccccc1. The molecule has 0 bridgehead atoms. The Morgan fingerprint density at radius 1 is 1.40 bits per heavy atom. The van der Waals surface area contributed by atoms with Gasteiger partial charge in [-0.2, -0.15) is 0 Å². The Morgan fingerprint density at radius 2 is 2.10 bits per heavy atom. The van der Waals surface area contributed by atoms with E-state index in [2.05, 4.69) is 10.6 Å². The maximum atomic E-state index is 12.0. The molecule has 1 unspecified atom stereocenters. The molecule has 1 fully saturated rings. The molecule has 5 nitrogen and oxygen atoms in total. The number of sulfone groups is 1. The number of benzene rings is 1. The molecule has 2 rings (SSSR count). The van der Waals surface area contributed by atoms with Crippen molar-refractivity contribution in [2.24, 2.45) is 0 Å². The maximum Gasteiger partial charge on any atom is 0.222 e. The first-order valence-corrected chi connectivity index (χ1v) is 8.56. The van der Waals surface area contributed by atoms with Crippen molar-refractivity contribution in [1.82, 2.24) is 10.6 Å². The van der Waals surface area contributed by atoms with E-state index in [0.29, 0.717) is 6.54 Å². The standard InChI is InChI=1S/C14H20N2O3S/c1-11(12-5-3-2-4-6-12)16-14(17)9-13-10-20(18,19)8-7-15-13/h2-6,11,13,15H,7-10H2,1H3,(H,16,17)/t11-,13?/m0/s1. The second-order valence-electron chi connectivity index (χ2n) is 5.17. The number of rotatable bonds is 4. The Labute approximate surface area is 119 Å². The second kappa shape index (κ2) is 6.37. The average molecular weight is 296 g/mol. The number of amides is 1. The third-order valence-corrected chi connectivity index (χ3v) is 5.15. The van der Waals surface area contributed by atoms with Crippen molar-refractivity contribution >= 4 is 15.7 Å². The van der Waals surface area contributed by atoms with Crippen molar-refractivity contribution in [2.75, 3.05) is 18.1 Å². The summed E-state index contributed by atoms with van der Waals surface area (Å²) in [6.07, 6.45) is 0.191. The predicted octanol–water partition coefficient (Wildman–Crippen LogP) is 0.641. The predicted molar refractivity (Wildman–Crippen MR) is 78.1 cm³/mol. The van der Waals surface area contributed by atoms with Gasteiger partial charge in [-0.3, -0.25) is 4.79 Å². The zero-order chi connectivity index (χ0) is 14.6. The quantitative estimate of drug-likeness (QED) is 0.855. The third kappa shape index (κ3) is 4.31. The van der Waals surface area contributed by atoms with E-state index in [9.17, 15) is 13.2 Å². The number of nitrogens with one attached hydrogen (secondary N) is 2. The lowest BCUT2D eigenvalue weighted by molar-refractivity contribution is -0.122. The molecule has 1 saturated heterocycles. The van der Waals surface area contributed by atoms with Crippen LogP contribution < -0.4 is 10.6 Å². The van der Waals surface area contributed by atoms with Gasteiger partial charge in [0, 0.05) is 19.0 Å². The van der Waals surface area contributed by atoms with E-state index in [-0.39, 0.29) is 35.9 Å². The molecule has 6 heteroatoms. The van der Waals surface area contributed by atoms with Crippen LogP contribution in [-0.2, 0) is 14.6 Å². The van der Waals surface area contributed by atoms with Crippen LogP contribution in [0.3, 0.4) is 0 Å². The number of hydrogen-bond acceptors (Lipinski definition) is 4. The van der Waals surface area contributed by atoms with Crippen molar-refractivity contribution in [3.05, 3.63) is 35.9 Å². The highest BCUT2D eigenvalue weighted by Gasteiger charge is 2.26. The number of carbonyl (C=O) groups is 1. The molecule has 1 aliphatic rings. The second-order valence-corrected chi connectivity index (χ2v) is 7.40. The molecule has 0 aliphatic carbocycles. The summed E-state index contributed by atoms with van der Waals surface area (Å²) in [6.45, 7) is 2.34. The first kappa shape index (κ1) is 15.0. The molecule has 1 aliphatic heterocycles. The molecular formula is C14H20N2O3S. The van der Waals surface area contributed by atoms with E-state index in [1.165, 1.54) is 0 Å². The fraction of sp³-hybridized carbons (Fsp3) is 0.500. The summed E-state index contributed by atoms with van der Waals surface area (Å²) < 4.78 is 23.0. The van der Waals surface area contributed by atoms with Gasteiger partial charge in [-0.25, -0.2) is 8.42 Å². The lowest BCUT2D eigenvalue weighted by Gasteiger charge is -2.24. The molecule has 0 radical (unpaired) electrons. The van der Waals surface area contributed by atoms with E-state index >= 15 is 0 Å². The van der Waals surface area contributed by atoms with Gasteiger partial charge in [-0.05, 0) is 12.5 Å². The molecular weight excluding hydrogens is 276 g/mol. The maximum absolute atomic E-state index is 12.0. The van der Waals surface area contributed by atoms with Gasteiger partial charge in [0.2, 0.25) is 5.91 Å². The van der Waals surface area contributed by atoms with Gasteiger partial charge in [0.1, 0.15) is 0 Å². The Kier molecular flexibility index (Phi) is 4.77. The van der Waals surface area contributed by atoms with Gasteiger partial charge >= 0.3 is 0 Å². The van der Waals surface area contributed by atoms with Gasteiger partial charge < -0.3 is 10.6 Å². The molecule has 2 atom stereocenters. The minimum atomic E-state index is -3.00. The Morgan fingerprint density at radius 3 is 2.75 bits per heavy atom. The average Bonchev–Trinajstić information content (AvgIpc) is 2.38. The van der Waals surface area contributed by atoms with E-state index in [1.807, 2.05) is 37.3 Å². The molecule has 1 heterocycles. The van der Waals surface area contributed by atoms with Gasteiger partial charge in [0.05, 0.1) is 17.5 Å². The molecule has 0 spiro atoms. The van der Waals surface area contributed by atoms with Gasteiger partial charge in [-0.15, -0.1) is 0 Å². The summed E-state index contributed by atoms with van der Waals surface area (Å²) >= 11 is 0. The van der Waals surface area contributed by atoms with E-state index < -0.39 is 9.84 Å². The van der Waals surface area contributed by atoms with Crippen molar-refractivity contribution in [3.8, 4) is 0 Å². The van der Waals surface area contributed by atoms with E-state index in [4.69, 9.17) is 0 Å². The fourth-order valence-corrected chi connectivity index (χ4v) is 3.79. The summed E-state index contributed by atoms with van der Waals surface area (Å²) in [5.74, 6) is 0.0713. The van der Waals surface area contributed by atoms with Crippen LogP contribution in [0.2, 0.25) is 0 Å². The monoisotopic (exact) mass is 296 g/mol. The van der Waals surface area contributed by atoms with Crippen LogP contribution in [0.1, 0.15) is 24.9 Å². The lowest BCUT2D eigenvalue weighted by atomic mass is 10.1. The lowest BCUT2D eigenvalue weighted by Crippen LogP contribution is -2.47. The van der Waals surface area contributed by atoms with Crippen LogP contribution in [0.5, 0.6) is 0 Å². The molecule has 1 aromatic rings. The van der Waals surface area contributed by atoms with Crippen molar-refractivity contribution in [2.45, 2.75) is 25.4 Å². The van der Waals surface area contributed by atoms with Crippen LogP contribution in [-0.4, -0.2) is 38.4 Å².